The van der Waals surface area contributed by atoms with E-state index in [9.17, 15) is 9.18 Å². The Bertz CT molecular complexity index is 394. The highest BCUT2D eigenvalue weighted by Crippen LogP contribution is 2.08. The summed E-state index contributed by atoms with van der Waals surface area (Å²) in [6.07, 6.45) is 0. The van der Waals surface area contributed by atoms with Gasteiger partial charge >= 0.3 is 0 Å². The Balaban J connectivity index is 1.83. The minimum Gasteiger partial charge on any atom is -0.351 e. The summed E-state index contributed by atoms with van der Waals surface area (Å²) in [4.78, 5) is 11.8. The van der Waals surface area contributed by atoms with Gasteiger partial charge < -0.3 is 10.6 Å². The Morgan fingerprint density at radius 1 is 1.59 bits per heavy atom. The summed E-state index contributed by atoms with van der Waals surface area (Å²) in [6.45, 7) is 1.24. The Morgan fingerprint density at radius 3 is 3.18 bits per heavy atom. The van der Waals surface area contributed by atoms with Crippen molar-refractivity contribution in [2.75, 3.05) is 18.1 Å². The minimum atomic E-state index is -0.275. The van der Waals surface area contributed by atoms with Crippen molar-refractivity contribution in [2.45, 2.75) is 12.6 Å². The molecule has 1 aromatic carbocycles. The van der Waals surface area contributed by atoms with Crippen LogP contribution in [0, 0.1) is 5.82 Å². The number of hydrogen-bond acceptors (Lipinski definition) is 3. The van der Waals surface area contributed by atoms with Gasteiger partial charge in [0.2, 0.25) is 5.91 Å². The molecule has 0 aromatic heterocycles. The molecule has 1 aromatic rings. The van der Waals surface area contributed by atoms with Crippen LogP contribution >= 0.6 is 11.8 Å². The lowest BCUT2D eigenvalue weighted by Crippen LogP contribution is -2.48. The Hall–Kier alpha value is -1.07. The number of rotatable bonds is 3. The maximum absolute atomic E-state index is 12.9. The molecule has 1 fully saturated rings. The molecule has 0 bridgehead atoms. The SMILES string of the molecule is O=C(NCc1cccc(F)c1)C1CSCCN1. The Kier molecular flexibility index (Phi) is 4.39. The van der Waals surface area contributed by atoms with Gasteiger partial charge in [-0.3, -0.25) is 4.79 Å². The molecule has 1 heterocycles. The summed E-state index contributed by atoms with van der Waals surface area (Å²) < 4.78 is 12.9. The van der Waals surface area contributed by atoms with E-state index < -0.39 is 0 Å². The zero-order valence-corrected chi connectivity index (χ0v) is 10.2. The van der Waals surface area contributed by atoms with E-state index in [1.165, 1.54) is 12.1 Å². The van der Waals surface area contributed by atoms with Crippen molar-refractivity contribution in [1.29, 1.82) is 0 Å². The van der Waals surface area contributed by atoms with Crippen molar-refractivity contribution >= 4 is 17.7 Å². The van der Waals surface area contributed by atoms with E-state index in [1.807, 2.05) is 0 Å². The second kappa shape index (κ2) is 6.02. The summed E-state index contributed by atoms with van der Waals surface area (Å²) in [7, 11) is 0. The second-order valence-electron chi connectivity index (χ2n) is 3.93. The van der Waals surface area contributed by atoms with E-state index in [0.29, 0.717) is 6.54 Å². The first-order valence-corrected chi connectivity index (χ1v) is 6.74. The third-order valence-corrected chi connectivity index (χ3v) is 3.66. The van der Waals surface area contributed by atoms with Crippen LogP contribution in [0.4, 0.5) is 4.39 Å². The minimum absolute atomic E-state index is 0.0125. The molecule has 1 saturated heterocycles. The summed E-state index contributed by atoms with van der Waals surface area (Å²) >= 11 is 1.77. The zero-order valence-electron chi connectivity index (χ0n) is 9.41. The standard InChI is InChI=1S/C12H15FN2OS/c13-10-3-1-2-9(6-10)7-15-12(16)11-8-17-5-4-14-11/h1-3,6,11,14H,4-5,7-8H2,(H,15,16). The molecule has 0 saturated carbocycles. The fraction of sp³-hybridized carbons (Fsp3) is 0.417. The van der Waals surface area contributed by atoms with E-state index in [4.69, 9.17) is 0 Å². The predicted octanol–water partition coefficient (Wildman–Crippen LogP) is 1.15. The Morgan fingerprint density at radius 2 is 2.47 bits per heavy atom. The molecule has 1 aliphatic heterocycles. The van der Waals surface area contributed by atoms with Gasteiger partial charge in [-0.15, -0.1) is 0 Å². The van der Waals surface area contributed by atoms with Crippen LogP contribution in [0.2, 0.25) is 0 Å². The first-order chi connectivity index (χ1) is 8.25. The van der Waals surface area contributed by atoms with Crippen LogP contribution in [-0.4, -0.2) is 30.0 Å². The van der Waals surface area contributed by atoms with Gasteiger partial charge in [-0.2, -0.15) is 11.8 Å². The van der Waals surface area contributed by atoms with E-state index in [0.717, 1.165) is 23.6 Å². The molecule has 3 nitrogen and oxygen atoms in total. The van der Waals surface area contributed by atoms with E-state index in [1.54, 1.807) is 23.9 Å². The van der Waals surface area contributed by atoms with Gasteiger partial charge in [0.1, 0.15) is 5.82 Å². The molecule has 0 spiro atoms. The molecule has 1 unspecified atom stereocenters. The second-order valence-corrected chi connectivity index (χ2v) is 5.08. The normalized spacial score (nSPS) is 19.9. The van der Waals surface area contributed by atoms with Crippen LogP contribution in [-0.2, 0) is 11.3 Å². The van der Waals surface area contributed by atoms with Crippen LogP contribution in [0.1, 0.15) is 5.56 Å². The van der Waals surface area contributed by atoms with Gasteiger partial charge in [0.15, 0.2) is 0 Å². The van der Waals surface area contributed by atoms with Crippen molar-refractivity contribution in [3.63, 3.8) is 0 Å². The molecule has 5 heteroatoms. The van der Waals surface area contributed by atoms with Crippen LogP contribution in [0.5, 0.6) is 0 Å². The highest BCUT2D eigenvalue weighted by molar-refractivity contribution is 7.99. The van der Waals surface area contributed by atoms with Crippen molar-refractivity contribution in [2.24, 2.45) is 0 Å². The van der Waals surface area contributed by atoms with Crippen molar-refractivity contribution in [3.8, 4) is 0 Å². The molecule has 17 heavy (non-hydrogen) atoms. The number of halogens is 1. The number of thioether (sulfide) groups is 1. The fourth-order valence-electron chi connectivity index (χ4n) is 1.69. The monoisotopic (exact) mass is 254 g/mol. The van der Waals surface area contributed by atoms with Gasteiger partial charge in [-0.25, -0.2) is 4.39 Å². The molecule has 1 atom stereocenters. The van der Waals surface area contributed by atoms with Gasteiger partial charge in [0, 0.05) is 24.6 Å². The molecular formula is C12H15FN2OS. The first kappa shape index (κ1) is 12.4. The summed E-state index contributed by atoms with van der Waals surface area (Å²) in [5, 5.41) is 5.97. The molecule has 2 N–H and O–H groups in total. The molecule has 0 radical (unpaired) electrons. The quantitative estimate of drug-likeness (QED) is 0.850. The third kappa shape index (κ3) is 3.71. The maximum Gasteiger partial charge on any atom is 0.238 e. The van der Waals surface area contributed by atoms with Gasteiger partial charge in [0.05, 0.1) is 6.04 Å². The van der Waals surface area contributed by atoms with Gasteiger partial charge in [0.25, 0.3) is 0 Å². The van der Waals surface area contributed by atoms with Gasteiger partial charge in [-0.1, -0.05) is 12.1 Å². The molecular weight excluding hydrogens is 239 g/mol. The smallest absolute Gasteiger partial charge is 0.238 e. The number of nitrogens with one attached hydrogen (secondary N) is 2. The van der Waals surface area contributed by atoms with E-state index in [2.05, 4.69) is 10.6 Å². The number of hydrogen-bond donors (Lipinski definition) is 2. The fourth-order valence-corrected chi connectivity index (χ4v) is 2.63. The van der Waals surface area contributed by atoms with Crippen LogP contribution in [0.15, 0.2) is 24.3 Å². The van der Waals surface area contributed by atoms with E-state index in [-0.39, 0.29) is 17.8 Å². The third-order valence-electron chi connectivity index (χ3n) is 2.59. The zero-order chi connectivity index (χ0) is 12.1. The predicted molar refractivity (Wildman–Crippen MR) is 67.4 cm³/mol. The van der Waals surface area contributed by atoms with Crippen molar-refractivity contribution < 1.29 is 9.18 Å². The number of carbonyl (C=O) groups is 1. The lowest BCUT2D eigenvalue weighted by atomic mass is 10.2. The average molecular weight is 254 g/mol. The lowest BCUT2D eigenvalue weighted by molar-refractivity contribution is -0.122. The van der Waals surface area contributed by atoms with Crippen LogP contribution < -0.4 is 10.6 Å². The van der Waals surface area contributed by atoms with Gasteiger partial charge in [-0.05, 0) is 17.7 Å². The van der Waals surface area contributed by atoms with Crippen LogP contribution in [0.25, 0.3) is 0 Å². The summed E-state index contributed by atoms with van der Waals surface area (Å²) in [6, 6.07) is 6.15. The highest BCUT2D eigenvalue weighted by atomic mass is 32.2. The Labute approximate surface area is 104 Å². The lowest BCUT2D eigenvalue weighted by Gasteiger charge is -2.22. The average Bonchev–Trinajstić information content (AvgIpc) is 2.37. The van der Waals surface area contributed by atoms with Crippen LogP contribution in [0.3, 0.4) is 0 Å². The highest BCUT2D eigenvalue weighted by Gasteiger charge is 2.20. The summed E-state index contributed by atoms with van der Waals surface area (Å²) in [5.74, 6) is 1.56. The molecule has 0 aliphatic carbocycles. The largest absolute Gasteiger partial charge is 0.351 e. The van der Waals surface area contributed by atoms with Crippen molar-refractivity contribution in [1.82, 2.24) is 10.6 Å². The molecule has 92 valence electrons. The molecule has 2 rings (SSSR count). The number of carbonyl (C=O) groups excluding carboxylic acids is 1. The van der Waals surface area contributed by atoms with Crippen molar-refractivity contribution in [3.05, 3.63) is 35.6 Å². The summed E-state index contributed by atoms with van der Waals surface area (Å²) in [5.41, 5.74) is 0.779. The number of benzene rings is 1. The van der Waals surface area contributed by atoms with E-state index >= 15 is 0 Å². The molecule has 1 aliphatic rings. The maximum atomic E-state index is 12.9. The first-order valence-electron chi connectivity index (χ1n) is 5.59. The number of amides is 1. The molecule has 1 amide bonds. The topological polar surface area (TPSA) is 41.1 Å².